The van der Waals surface area contributed by atoms with Crippen molar-refractivity contribution in [2.24, 2.45) is 0 Å². The molecule has 0 saturated carbocycles. The van der Waals surface area contributed by atoms with E-state index >= 15 is 0 Å². The molecule has 0 saturated heterocycles. The molecule has 0 atom stereocenters. The van der Waals surface area contributed by atoms with Crippen LogP contribution in [0.25, 0.3) is 5.69 Å². The molecule has 1 N–H and O–H groups in total. The maximum atomic E-state index is 4.26. The fourth-order valence-corrected chi connectivity index (χ4v) is 1.36. The summed E-state index contributed by atoms with van der Waals surface area (Å²) < 4.78 is 0. The second-order valence-corrected chi connectivity index (χ2v) is 3.31. The normalized spacial score (nSPS) is 10.5. The molecule has 0 aliphatic carbocycles. The number of hydrogen-bond acceptors (Lipinski definition) is 4. The van der Waals surface area contributed by atoms with Crippen molar-refractivity contribution in [2.45, 2.75) is 13.5 Å². The number of rotatable bonds is 3. The molecule has 78 valence electrons. The van der Waals surface area contributed by atoms with E-state index in [2.05, 4.69) is 20.7 Å². The van der Waals surface area contributed by atoms with Gasteiger partial charge in [0.25, 0.3) is 0 Å². The van der Waals surface area contributed by atoms with Gasteiger partial charge in [-0.15, -0.1) is 15.0 Å². The van der Waals surface area contributed by atoms with Gasteiger partial charge >= 0.3 is 0 Å². The predicted octanol–water partition coefficient (Wildman–Crippen LogP) is 0.690. The third-order valence-electron chi connectivity index (χ3n) is 2.12. The van der Waals surface area contributed by atoms with Crippen molar-refractivity contribution in [3.05, 3.63) is 35.7 Å². The van der Waals surface area contributed by atoms with E-state index < -0.39 is 0 Å². The molecule has 0 aliphatic heterocycles. The van der Waals surface area contributed by atoms with Gasteiger partial charge in [-0.2, -0.15) is 0 Å². The van der Waals surface area contributed by atoms with E-state index in [-0.39, 0.29) is 0 Å². The smallest absolute Gasteiger partial charge is 0.188 e. The van der Waals surface area contributed by atoms with Crippen molar-refractivity contribution >= 4 is 0 Å². The van der Waals surface area contributed by atoms with Crippen molar-refractivity contribution in [1.82, 2.24) is 25.5 Å². The van der Waals surface area contributed by atoms with E-state index in [9.17, 15) is 0 Å². The molecule has 0 fully saturated rings. The first-order chi connectivity index (χ1) is 7.31. The molecule has 0 spiro atoms. The van der Waals surface area contributed by atoms with Crippen LogP contribution in [-0.2, 0) is 6.54 Å². The highest BCUT2D eigenvalue weighted by Gasteiger charge is 2.05. The molecule has 0 unspecified atom stereocenters. The Bertz CT molecular complexity index is 449. The number of aromatic nitrogens is 4. The van der Waals surface area contributed by atoms with Gasteiger partial charge in [-0.25, -0.2) is 0 Å². The third kappa shape index (κ3) is 2.02. The molecular formula is C10H13N5. The molecule has 1 aromatic carbocycles. The van der Waals surface area contributed by atoms with Gasteiger partial charge in [0, 0.05) is 0 Å². The van der Waals surface area contributed by atoms with Crippen LogP contribution < -0.4 is 5.32 Å². The summed E-state index contributed by atoms with van der Waals surface area (Å²) in [4.78, 5) is 1.56. The van der Waals surface area contributed by atoms with Crippen LogP contribution >= 0.6 is 0 Å². The van der Waals surface area contributed by atoms with Gasteiger partial charge in [0.1, 0.15) is 0 Å². The second kappa shape index (κ2) is 4.18. The molecule has 5 heteroatoms. The zero-order chi connectivity index (χ0) is 10.7. The van der Waals surface area contributed by atoms with E-state index in [1.807, 2.05) is 38.2 Å². The Morgan fingerprint density at radius 1 is 1.33 bits per heavy atom. The summed E-state index contributed by atoms with van der Waals surface area (Å²) in [6.07, 6.45) is 0. The fourth-order valence-electron chi connectivity index (χ4n) is 1.36. The van der Waals surface area contributed by atoms with Crippen LogP contribution in [-0.4, -0.2) is 27.3 Å². The number of para-hydroxylation sites is 1. The Balaban J connectivity index is 2.33. The predicted molar refractivity (Wildman–Crippen MR) is 56.7 cm³/mol. The van der Waals surface area contributed by atoms with E-state index in [0.29, 0.717) is 12.4 Å². The first kappa shape index (κ1) is 9.79. The summed E-state index contributed by atoms with van der Waals surface area (Å²) >= 11 is 0. The standard InChI is InChI=1S/C10H13N5/c1-8-5-3-4-6-9(8)15-13-10(7-11-2)12-14-15/h3-6,11H,7H2,1-2H3. The number of nitrogens with zero attached hydrogens (tertiary/aromatic N) is 4. The van der Waals surface area contributed by atoms with E-state index in [4.69, 9.17) is 0 Å². The molecule has 0 bridgehead atoms. The molecular weight excluding hydrogens is 190 g/mol. The Morgan fingerprint density at radius 3 is 2.87 bits per heavy atom. The maximum absolute atomic E-state index is 4.26. The highest BCUT2D eigenvalue weighted by Crippen LogP contribution is 2.09. The summed E-state index contributed by atoms with van der Waals surface area (Å²) in [7, 11) is 1.86. The lowest BCUT2D eigenvalue weighted by Crippen LogP contribution is -2.07. The minimum absolute atomic E-state index is 0.631. The molecule has 5 nitrogen and oxygen atoms in total. The molecule has 1 aromatic heterocycles. The first-order valence-corrected chi connectivity index (χ1v) is 4.81. The minimum atomic E-state index is 0.631. The first-order valence-electron chi connectivity index (χ1n) is 4.81. The monoisotopic (exact) mass is 203 g/mol. The van der Waals surface area contributed by atoms with Crippen LogP contribution in [0.4, 0.5) is 0 Å². The average molecular weight is 203 g/mol. The van der Waals surface area contributed by atoms with E-state index in [0.717, 1.165) is 11.3 Å². The summed E-state index contributed by atoms with van der Waals surface area (Å²) in [5, 5.41) is 15.2. The van der Waals surface area contributed by atoms with Crippen LogP contribution in [0.2, 0.25) is 0 Å². The fraction of sp³-hybridized carbons (Fsp3) is 0.300. The minimum Gasteiger partial charge on any atom is -0.313 e. The largest absolute Gasteiger partial charge is 0.313 e. The number of benzene rings is 1. The van der Waals surface area contributed by atoms with Crippen LogP contribution in [0.3, 0.4) is 0 Å². The Hall–Kier alpha value is -1.75. The van der Waals surface area contributed by atoms with Crippen molar-refractivity contribution in [3.8, 4) is 5.69 Å². The number of tetrazole rings is 1. The quantitative estimate of drug-likeness (QED) is 0.797. The topological polar surface area (TPSA) is 55.6 Å². The molecule has 15 heavy (non-hydrogen) atoms. The SMILES string of the molecule is CNCc1nnn(-c2ccccc2C)n1. The van der Waals surface area contributed by atoms with Gasteiger partial charge < -0.3 is 5.32 Å². The molecule has 0 radical (unpaired) electrons. The van der Waals surface area contributed by atoms with E-state index in [1.165, 1.54) is 0 Å². The average Bonchev–Trinajstić information content (AvgIpc) is 2.68. The number of aryl methyl sites for hydroxylation is 1. The number of nitrogens with one attached hydrogen (secondary N) is 1. The Labute approximate surface area is 88.1 Å². The Kier molecular flexibility index (Phi) is 2.73. The van der Waals surface area contributed by atoms with Crippen LogP contribution in [0, 0.1) is 6.92 Å². The molecule has 0 amide bonds. The molecule has 2 rings (SSSR count). The summed E-state index contributed by atoms with van der Waals surface area (Å²) in [5.41, 5.74) is 2.10. The zero-order valence-corrected chi connectivity index (χ0v) is 8.81. The zero-order valence-electron chi connectivity index (χ0n) is 8.81. The lowest BCUT2D eigenvalue weighted by Gasteiger charge is -2.01. The van der Waals surface area contributed by atoms with Gasteiger partial charge in [0.15, 0.2) is 5.82 Å². The van der Waals surface area contributed by atoms with Gasteiger partial charge in [0.2, 0.25) is 0 Å². The summed E-state index contributed by atoms with van der Waals surface area (Å²) in [6.45, 7) is 2.66. The summed E-state index contributed by atoms with van der Waals surface area (Å²) in [5.74, 6) is 0.695. The number of hydrogen-bond donors (Lipinski definition) is 1. The molecule has 2 aromatic rings. The highest BCUT2D eigenvalue weighted by atomic mass is 15.6. The van der Waals surface area contributed by atoms with Crippen LogP contribution in [0.5, 0.6) is 0 Å². The van der Waals surface area contributed by atoms with Crippen molar-refractivity contribution in [1.29, 1.82) is 0 Å². The van der Waals surface area contributed by atoms with Gasteiger partial charge in [-0.1, -0.05) is 18.2 Å². The summed E-state index contributed by atoms with van der Waals surface area (Å²) in [6, 6.07) is 7.95. The molecule has 0 aliphatic rings. The van der Waals surface area contributed by atoms with Crippen molar-refractivity contribution in [3.63, 3.8) is 0 Å². The lowest BCUT2D eigenvalue weighted by atomic mass is 10.2. The van der Waals surface area contributed by atoms with Gasteiger partial charge in [-0.05, 0) is 30.8 Å². The van der Waals surface area contributed by atoms with Crippen LogP contribution in [0.15, 0.2) is 24.3 Å². The van der Waals surface area contributed by atoms with Gasteiger partial charge in [-0.3, -0.25) is 0 Å². The Morgan fingerprint density at radius 2 is 2.13 bits per heavy atom. The lowest BCUT2D eigenvalue weighted by molar-refractivity contribution is 0.708. The maximum Gasteiger partial charge on any atom is 0.188 e. The van der Waals surface area contributed by atoms with Crippen molar-refractivity contribution in [2.75, 3.05) is 7.05 Å². The second-order valence-electron chi connectivity index (χ2n) is 3.31. The highest BCUT2D eigenvalue weighted by molar-refractivity contribution is 5.37. The van der Waals surface area contributed by atoms with Gasteiger partial charge in [0.05, 0.1) is 12.2 Å². The van der Waals surface area contributed by atoms with Crippen LogP contribution in [0.1, 0.15) is 11.4 Å². The van der Waals surface area contributed by atoms with E-state index in [1.54, 1.807) is 4.80 Å². The third-order valence-corrected chi connectivity index (χ3v) is 2.12. The van der Waals surface area contributed by atoms with Crippen molar-refractivity contribution < 1.29 is 0 Å². The molecule has 1 heterocycles.